The Morgan fingerprint density at radius 3 is 2.00 bits per heavy atom. The van der Waals surface area contributed by atoms with Crippen molar-refractivity contribution in [2.45, 2.75) is 103 Å². The van der Waals surface area contributed by atoms with Crippen LogP contribution in [0.25, 0.3) is 0 Å². The number of unbranched alkanes of at least 4 members (excludes halogenated alkanes) is 12. The van der Waals surface area contributed by atoms with Crippen molar-refractivity contribution < 1.29 is 4.79 Å². The lowest BCUT2D eigenvalue weighted by Crippen LogP contribution is -2.49. The number of nitriles is 1. The summed E-state index contributed by atoms with van der Waals surface area (Å²) in [7, 11) is 0. The van der Waals surface area contributed by atoms with Gasteiger partial charge in [-0.15, -0.1) is 0 Å². The van der Waals surface area contributed by atoms with Gasteiger partial charge in [0.1, 0.15) is 6.04 Å². The minimum absolute atomic E-state index is 0.276. The molecule has 0 spiro atoms. The summed E-state index contributed by atoms with van der Waals surface area (Å²) in [6.07, 6.45) is 21.4. The first-order valence-corrected chi connectivity index (χ1v) is 13.1. The molecule has 1 aliphatic rings. The fraction of sp³-hybridized carbons (Fsp3) is 0.741. The summed E-state index contributed by atoms with van der Waals surface area (Å²) in [4.78, 5) is 20.8. The molecule has 5 heteroatoms. The molecule has 1 unspecified atom stereocenters. The third-order valence-electron chi connectivity index (χ3n) is 6.65. The lowest BCUT2D eigenvalue weighted by molar-refractivity contribution is -0.133. The minimum atomic E-state index is -0.276. The number of pyridine rings is 1. The van der Waals surface area contributed by atoms with Crippen LogP contribution in [0.2, 0.25) is 0 Å². The van der Waals surface area contributed by atoms with E-state index in [9.17, 15) is 10.1 Å². The summed E-state index contributed by atoms with van der Waals surface area (Å²) in [5.41, 5.74) is 0.932. The number of carbonyl (C=O) groups is 1. The van der Waals surface area contributed by atoms with Gasteiger partial charge >= 0.3 is 0 Å². The van der Waals surface area contributed by atoms with E-state index in [4.69, 9.17) is 0 Å². The molecule has 1 aliphatic heterocycles. The van der Waals surface area contributed by atoms with E-state index in [1.54, 1.807) is 12.4 Å². The topological polar surface area (TPSA) is 60.2 Å². The van der Waals surface area contributed by atoms with Crippen molar-refractivity contribution in [3.05, 3.63) is 30.1 Å². The highest BCUT2D eigenvalue weighted by Crippen LogP contribution is 2.21. The van der Waals surface area contributed by atoms with Crippen molar-refractivity contribution in [2.24, 2.45) is 0 Å². The van der Waals surface area contributed by atoms with Crippen molar-refractivity contribution in [1.82, 2.24) is 14.8 Å². The van der Waals surface area contributed by atoms with Gasteiger partial charge in [0.25, 0.3) is 0 Å². The van der Waals surface area contributed by atoms with Crippen LogP contribution in [0.3, 0.4) is 0 Å². The van der Waals surface area contributed by atoms with Crippen molar-refractivity contribution in [1.29, 1.82) is 5.26 Å². The van der Waals surface area contributed by atoms with Gasteiger partial charge in [-0.25, -0.2) is 0 Å². The van der Waals surface area contributed by atoms with Crippen LogP contribution in [-0.2, 0) is 4.79 Å². The van der Waals surface area contributed by atoms with Gasteiger partial charge in [0.05, 0.1) is 6.07 Å². The molecule has 0 radical (unpaired) electrons. The number of amides is 1. The molecule has 2 rings (SSSR count). The molecule has 1 fully saturated rings. The molecule has 0 bridgehead atoms. The summed E-state index contributed by atoms with van der Waals surface area (Å²) in [6.45, 7) is 5.20. The zero-order chi connectivity index (χ0) is 22.9. The predicted molar refractivity (Wildman–Crippen MR) is 131 cm³/mol. The van der Waals surface area contributed by atoms with E-state index in [0.717, 1.165) is 38.2 Å². The maximum Gasteiger partial charge on any atom is 0.222 e. The molecule has 0 N–H and O–H groups in total. The third-order valence-corrected chi connectivity index (χ3v) is 6.65. The van der Waals surface area contributed by atoms with Gasteiger partial charge in [0.15, 0.2) is 0 Å². The van der Waals surface area contributed by atoms with E-state index in [2.05, 4.69) is 22.9 Å². The second kappa shape index (κ2) is 16.7. The Kier molecular flexibility index (Phi) is 13.7. The van der Waals surface area contributed by atoms with Gasteiger partial charge in [-0.3, -0.25) is 14.7 Å². The molecule has 1 aromatic heterocycles. The monoisotopic (exact) mass is 440 g/mol. The highest BCUT2D eigenvalue weighted by molar-refractivity contribution is 5.76. The van der Waals surface area contributed by atoms with Crippen LogP contribution in [0.1, 0.15) is 108 Å². The van der Waals surface area contributed by atoms with E-state index < -0.39 is 0 Å². The van der Waals surface area contributed by atoms with Gasteiger partial charge in [-0.2, -0.15) is 5.26 Å². The molecule has 32 heavy (non-hydrogen) atoms. The van der Waals surface area contributed by atoms with Crippen LogP contribution in [0.4, 0.5) is 0 Å². The fourth-order valence-electron chi connectivity index (χ4n) is 4.59. The number of rotatable bonds is 16. The molecular weight excluding hydrogens is 396 g/mol. The maximum atomic E-state index is 12.5. The van der Waals surface area contributed by atoms with Crippen LogP contribution in [0.5, 0.6) is 0 Å². The predicted octanol–water partition coefficient (Wildman–Crippen LogP) is 6.27. The normalized spacial score (nSPS) is 15.4. The first-order valence-electron chi connectivity index (χ1n) is 13.1. The van der Waals surface area contributed by atoms with Crippen molar-refractivity contribution >= 4 is 5.91 Å². The van der Waals surface area contributed by atoms with Crippen LogP contribution >= 0.6 is 0 Å². The van der Waals surface area contributed by atoms with E-state index >= 15 is 0 Å². The minimum Gasteiger partial charge on any atom is -0.340 e. The Hall–Kier alpha value is -1.93. The van der Waals surface area contributed by atoms with Gasteiger partial charge < -0.3 is 4.90 Å². The zero-order valence-electron chi connectivity index (χ0n) is 20.3. The third kappa shape index (κ3) is 10.1. The summed E-state index contributed by atoms with van der Waals surface area (Å²) in [6, 6.07) is 5.94. The van der Waals surface area contributed by atoms with Crippen LogP contribution < -0.4 is 0 Å². The van der Waals surface area contributed by atoms with Crippen LogP contribution in [0.15, 0.2) is 24.5 Å². The van der Waals surface area contributed by atoms with Gasteiger partial charge in [0, 0.05) is 50.6 Å². The summed E-state index contributed by atoms with van der Waals surface area (Å²) in [5, 5.41) is 9.59. The maximum absolute atomic E-state index is 12.5. The number of aromatic nitrogens is 1. The molecular formula is C27H44N4O. The molecule has 1 saturated heterocycles. The highest BCUT2D eigenvalue weighted by Gasteiger charge is 2.26. The van der Waals surface area contributed by atoms with Crippen LogP contribution in [0, 0.1) is 11.3 Å². The number of hydrogen-bond donors (Lipinski definition) is 0. The lowest BCUT2D eigenvalue weighted by Gasteiger charge is -2.37. The summed E-state index contributed by atoms with van der Waals surface area (Å²) in [5.74, 6) is 0.280. The summed E-state index contributed by atoms with van der Waals surface area (Å²) >= 11 is 0. The van der Waals surface area contributed by atoms with Crippen molar-refractivity contribution in [3.8, 4) is 6.07 Å². The standard InChI is InChI=1S/C27H44N4O/c1-2-3-4-5-6-7-8-9-10-11-12-13-14-17-27(32)31-21-19-30(20-22-31)26(23-28)25-16-15-18-29-24-25/h15-16,18,24,26H,2-14,17,19-22H2,1H3. The first kappa shape index (κ1) is 26.3. The average Bonchev–Trinajstić information content (AvgIpc) is 2.83. The largest absolute Gasteiger partial charge is 0.340 e. The van der Waals surface area contributed by atoms with Crippen molar-refractivity contribution in [2.75, 3.05) is 26.2 Å². The smallest absolute Gasteiger partial charge is 0.222 e. The second-order valence-corrected chi connectivity index (χ2v) is 9.23. The van der Waals surface area contributed by atoms with E-state index in [0.29, 0.717) is 6.42 Å². The Morgan fingerprint density at radius 2 is 1.50 bits per heavy atom. The Morgan fingerprint density at radius 1 is 0.938 bits per heavy atom. The second-order valence-electron chi connectivity index (χ2n) is 9.23. The van der Waals surface area contributed by atoms with Crippen molar-refractivity contribution in [3.63, 3.8) is 0 Å². The molecule has 178 valence electrons. The molecule has 0 aromatic carbocycles. The molecule has 0 saturated carbocycles. The lowest BCUT2D eigenvalue weighted by atomic mass is 10.0. The molecule has 1 aromatic rings. The fourth-order valence-corrected chi connectivity index (χ4v) is 4.59. The SMILES string of the molecule is CCCCCCCCCCCCCCCC(=O)N1CCN(C(C#N)c2cccnc2)CC1. The zero-order valence-corrected chi connectivity index (χ0v) is 20.3. The Bertz CT molecular complexity index is 649. The van der Waals surface area contributed by atoms with Gasteiger partial charge in [-0.1, -0.05) is 90.0 Å². The average molecular weight is 441 g/mol. The number of hydrogen-bond acceptors (Lipinski definition) is 4. The first-order chi connectivity index (χ1) is 15.8. The Balaban J connectivity index is 1.47. The molecule has 0 aliphatic carbocycles. The van der Waals surface area contributed by atoms with Crippen LogP contribution in [-0.4, -0.2) is 46.9 Å². The molecule has 1 amide bonds. The molecule has 5 nitrogen and oxygen atoms in total. The number of carbonyl (C=O) groups excluding carboxylic acids is 1. The quantitative estimate of drug-likeness (QED) is 0.284. The van der Waals surface area contributed by atoms with E-state index in [1.807, 2.05) is 17.0 Å². The summed E-state index contributed by atoms with van der Waals surface area (Å²) < 4.78 is 0. The van der Waals surface area contributed by atoms with Gasteiger partial charge in [0.2, 0.25) is 5.91 Å². The number of piperazine rings is 1. The van der Waals surface area contributed by atoms with E-state index in [-0.39, 0.29) is 11.9 Å². The molecule has 2 heterocycles. The highest BCUT2D eigenvalue weighted by atomic mass is 16.2. The Labute approximate surface area is 196 Å². The number of nitrogens with zero attached hydrogens (tertiary/aromatic N) is 4. The molecule has 1 atom stereocenters. The van der Waals surface area contributed by atoms with E-state index in [1.165, 1.54) is 77.0 Å². The van der Waals surface area contributed by atoms with Gasteiger partial charge in [-0.05, 0) is 12.5 Å².